The van der Waals surface area contributed by atoms with E-state index in [1.165, 1.54) is 0 Å². The zero-order chi connectivity index (χ0) is 25.1. The van der Waals surface area contributed by atoms with Crippen LogP contribution in [0, 0.1) is 11.8 Å². The van der Waals surface area contributed by atoms with E-state index in [1.54, 1.807) is 20.8 Å². The molecular weight excluding hydrogens is 449 g/mol. The molecule has 0 bridgehead atoms. The number of rotatable bonds is 5. The van der Waals surface area contributed by atoms with Crippen LogP contribution in [0.5, 0.6) is 0 Å². The normalized spacial score (nSPS) is 24.4. The highest BCUT2D eigenvalue weighted by Crippen LogP contribution is 2.35. The van der Waals surface area contributed by atoms with E-state index in [-0.39, 0.29) is 36.8 Å². The van der Waals surface area contributed by atoms with Crippen molar-refractivity contribution < 1.29 is 27.5 Å². The van der Waals surface area contributed by atoms with Gasteiger partial charge in [-0.1, -0.05) is 0 Å². The van der Waals surface area contributed by atoms with Crippen LogP contribution in [0.3, 0.4) is 0 Å². The third kappa shape index (κ3) is 7.17. The zero-order valence-corrected chi connectivity index (χ0v) is 20.0. The molecular formula is C24H35F3N4O3. The van der Waals surface area contributed by atoms with Gasteiger partial charge in [-0.25, -0.2) is 4.79 Å². The fourth-order valence-corrected chi connectivity index (χ4v) is 4.67. The lowest BCUT2D eigenvalue weighted by Gasteiger charge is -2.37. The number of nitrogens with two attached hydrogens (primary N) is 1. The first-order valence-corrected chi connectivity index (χ1v) is 11.8. The van der Waals surface area contributed by atoms with Crippen molar-refractivity contribution >= 4 is 23.4 Å². The smallest absolute Gasteiger partial charge is 0.407 e. The number of carbonyl (C=O) groups is 2. The number of alkyl carbamates (subject to hydrolysis) is 1. The highest BCUT2D eigenvalue weighted by Gasteiger charge is 2.41. The first kappa shape index (κ1) is 26.0. The molecule has 1 heterocycles. The van der Waals surface area contributed by atoms with Gasteiger partial charge in [0, 0.05) is 36.4 Å². The average Bonchev–Trinajstić information content (AvgIpc) is 2.73. The molecule has 0 aromatic heterocycles. The molecule has 7 nitrogen and oxygen atoms in total. The second kappa shape index (κ2) is 10.3. The number of nitrogens with one attached hydrogen (secondary N) is 2. The SMILES string of the molecule is CC(C)(C)OC(=O)N[C@H]1C[C@H](C(N)=O)CCC1Nc1ccc(N2CCC(C(F)(F)F)CC2)cc1. The molecule has 1 aliphatic carbocycles. The highest BCUT2D eigenvalue weighted by atomic mass is 19.4. The zero-order valence-electron chi connectivity index (χ0n) is 20.0. The molecule has 2 fully saturated rings. The molecule has 0 spiro atoms. The Balaban J connectivity index is 1.62. The Hall–Kier alpha value is -2.65. The molecule has 2 aliphatic rings. The Kier molecular flexibility index (Phi) is 7.88. The third-order valence-electron chi connectivity index (χ3n) is 6.50. The van der Waals surface area contributed by atoms with Gasteiger partial charge in [-0.2, -0.15) is 13.2 Å². The molecule has 1 saturated heterocycles. The lowest BCUT2D eigenvalue weighted by Crippen LogP contribution is -2.52. The number of alkyl halides is 3. The second-order valence-electron chi connectivity index (χ2n) is 10.3. The summed E-state index contributed by atoms with van der Waals surface area (Å²) in [6, 6.07) is 7.08. The van der Waals surface area contributed by atoms with Gasteiger partial charge >= 0.3 is 12.3 Å². The largest absolute Gasteiger partial charge is 0.444 e. The van der Waals surface area contributed by atoms with Crippen LogP contribution in [0.2, 0.25) is 0 Å². The molecule has 3 rings (SSSR count). The molecule has 0 radical (unpaired) electrons. The first-order valence-electron chi connectivity index (χ1n) is 11.8. The number of ether oxygens (including phenoxy) is 1. The summed E-state index contributed by atoms with van der Waals surface area (Å²) in [7, 11) is 0. The second-order valence-corrected chi connectivity index (χ2v) is 10.3. The van der Waals surface area contributed by atoms with E-state index in [1.807, 2.05) is 29.2 Å². The van der Waals surface area contributed by atoms with Crippen molar-refractivity contribution in [2.75, 3.05) is 23.3 Å². The van der Waals surface area contributed by atoms with Gasteiger partial charge in [0.15, 0.2) is 0 Å². The lowest BCUT2D eigenvalue weighted by atomic mass is 9.81. The van der Waals surface area contributed by atoms with Gasteiger partial charge in [0.1, 0.15) is 5.60 Å². The number of anilines is 2. The summed E-state index contributed by atoms with van der Waals surface area (Å²) in [5, 5.41) is 6.30. The van der Waals surface area contributed by atoms with Gasteiger partial charge in [0.25, 0.3) is 0 Å². The Bertz CT molecular complexity index is 847. The number of nitrogens with zero attached hydrogens (tertiary/aromatic N) is 1. The van der Waals surface area contributed by atoms with Crippen molar-refractivity contribution in [3.8, 4) is 0 Å². The van der Waals surface area contributed by atoms with Crippen molar-refractivity contribution in [2.24, 2.45) is 17.6 Å². The molecule has 4 N–H and O–H groups in total. The molecule has 34 heavy (non-hydrogen) atoms. The predicted octanol–water partition coefficient (Wildman–Crippen LogP) is 4.42. The number of carbonyl (C=O) groups excluding carboxylic acids is 2. The Morgan fingerprint density at radius 3 is 2.15 bits per heavy atom. The maximum Gasteiger partial charge on any atom is 0.407 e. The van der Waals surface area contributed by atoms with Gasteiger partial charge in [-0.3, -0.25) is 4.79 Å². The van der Waals surface area contributed by atoms with E-state index in [4.69, 9.17) is 10.5 Å². The molecule has 190 valence electrons. The number of halogens is 3. The Morgan fingerprint density at radius 2 is 1.62 bits per heavy atom. The number of primary amides is 1. The quantitative estimate of drug-likeness (QED) is 0.575. The van der Waals surface area contributed by atoms with Crippen LogP contribution in [0.1, 0.15) is 52.9 Å². The standard InChI is InChI=1S/C24H35F3N4O3/c1-23(2,3)34-22(33)30-20-14-15(21(28)32)4-9-19(20)29-17-5-7-18(8-6-17)31-12-10-16(11-13-31)24(25,26)27/h5-8,15-16,19-20,29H,4,9-14H2,1-3H3,(H2,28,32)(H,30,33)/t15-,19?,20+/m1/s1. The summed E-state index contributed by atoms with van der Waals surface area (Å²) in [6.45, 7) is 6.08. The van der Waals surface area contributed by atoms with E-state index < -0.39 is 23.8 Å². The van der Waals surface area contributed by atoms with Gasteiger partial charge in [-0.15, -0.1) is 0 Å². The number of amides is 2. The van der Waals surface area contributed by atoms with E-state index in [9.17, 15) is 22.8 Å². The lowest BCUT2D eigenvalue weighted by molar-refractivity contribution is -0.179. The number of hydrogen-bond donors (Lipinski definition) is 3. The first-order chi connectivity index (χ1) is 15.8. The fourth-order valence-electron chi connectivity index (χ4n) is 4.67. The minimum Gasteiger partial charge on any atom is -0.444 e. The fraction of sp³-hybridized carbons (Fsp3) is 0.667. The summed E-state index contributed by atoms with van der Waals surface area (Å²) in [5.41, 5.74) is 6.57. The van der Waals surface area contributed by atoms with E-state index in [0.29, 0.717) is 32.4 Å². The number of piperidine rings is 1. The van der Waals surface area contributed by atoms with E-state index in [0.717, 1.165) is 11.4 Å². The van der Waals surface area contributed by atoms with Gasteiger partial charge in [-0.05, 0) is 77.1 Å². The average molecular weight is 485 g/mol. The Morgan fingerprint density at radius 1 is 1.00 bits per heavy atom. The van der Waals surface area contributed by atoms with Crippen molar-refractivity contribution in [3.63, 3.8) is 0 Å². The van der Waals surface area contributed by atoms with Crippen LogP contribution in [-0.4, -0.2) is 49.0 Å². The monoisotopic (exact) mass is 484 g/mol. The predicted molar refractivity (Wildman–Crippen MR) is 125 cm³/mol. The van der Waals surface area contributed by atoms with E-state index >= 15 is 0 Å². The summed E-state index contributed by atoms with van der Waals surface area (Å²) in [6.07, 6.45) is -2.80. The van der Waals surface area contributed by atoms with Crippen molar-refractivity contribution in [1.29, 1.82) is 0 Å². The molecule has 3 atom stereocenters. The maximum atomic E-state index is 12.9. The molecule has 1 saturated carbocycles. The summed E-state index contributed by atoms with van der Waals surface area (Å²) < 4.78 is 44.1. The van der Waals surface area contributed by atoms with Crippen LogP contribution >= 0.6 is 0 Å². The minimum absolute atomic E-state index is 0.102. The summed E-state index contributed by atoms with van der Waals surface area (Å²) in [5.74, 6) is -1.93. The van der Waals surface area contributed by atoms with Crippen LogP contribution in [0.4, 0.5) is 29.3 Å². The van der Waals surface area contributed by atoms with Crippen molar-refractivity contribution in [2.45, 2.75) is 76.7 Å². The molecule has 1 aromatic carbocycles. The summed E-state index contributed by atoms with van der Waals surface area (Å²) in [4.78, 5) is 26.1. The van der Waals surface area contributed by atoms with Crippen molar-refractivity contribution in [3.05, 3.63) is 24.3 Å². The molecule has 10 heteroatoms. The molecule has 1 aliphatic heterocycles. The van der Waals surface area contributed by atoms with Gasteiger partial charge in [0.2, 0.25) is 5.91 Å². The molecule has 2 amide bonds. The van der Waals surface area contributed by atoms with Crippen LogP contribution in [0.25, 0.3) is 0 Å². The van der Waals surface area contributed by atoms with Gasteiger partial charge < -0.3 is 26.0 Å². The summed E-state index contributed by atoms with van der Waals surface area (Å²) >= 11 is 0. The molecule has 1 unspecified atom stereocenters. The number of hydrogen-bond acceptors (Lipinski definition) is 5. The third-order valence-corrected chi connectivity index (χ3v) is 6.50. The van der Waals surface area contributed by atoms with Crippen molar-refractivity contribution in [1.82, 2.24) is 5.32 Å². The molecule has 1 aromatic rings. The highest BCUT2D eigenvalue weighted by molar-refractivity contribution is 5.77. The van der Waals surface area contributed by atoms with Gasteiger partial charge in [0.05, 0.1) is 12.0 Å². The topological polar surface area (TPSA) is 96.7 Å². The van der Waals surface area contributed by atoms with Crippen LogP contribution in [-0.2, 0) is 9.53 Å². The minimum atomic E-state index is -4.13. The number of benzene rings is 1. The van der Waals surface area contributed by atoms with E-state index in [2.05, 4.69) is 10.6 Å². The van der Waals surface area contributed by atoms with Crippen LogP contribution in [0.15, 0.2) is 24.3 Å². The maximum absolute atomic E-state index is 12.9. The van der Waals surface area contributed by atoms with Crippen LogP contribution < -0.4 is 21.3 Å². The Labute approximate surface area is 198 Å².